The SMILES string of the molecule is Cc1nc2[nH]c(C(=O)NC(c3cccc(C(F)(F)F)c3)C(F)(F)F)cc2cc1CN(C(=O)O)C(C)(C)C. The van der Waals surface area contributed by atoms with E-state index in [1.165, 1.54) is 11.0 Å². The van der Waals surface area contributed by atoms with Crippen molar-refractivity contribution < 1.29 is 41.0 Å². The van der Waals surface area contributed by atoms with Gasteiger partial charge in [-0.05, 0) is 63.1 Å². The van der Waals surface area contributed by atoms with Crippen LogP contribution in [0.15, 0.2) is 36.4 Å². The van der Waals surface area contributed by atoms with Crippen molar-refractivity contribution >= 4 is 23.0 Å². The van der Waals surface area contributed by atoms with Gasteiger partial charge in [0.2, 0.25) is 0 Å². The summed E-state index contributed by atoms with van der Waals surface area (Å²) in [5, 5.41) is 11.6. The van der Waals surface area contributed by atoms with Crippen LogP contribution in [0.2, 0.25) is 0 Å². The highest BCUT2D eigenvalue weighted by Gasteiger charge is 2.43. The number of H-pyrrole nitrogens is 1. The number of rotatable bonds is 5. The molecule has 200 valence electrons. The summed E-state index contributed by atoms with van der Waals surface area (Å²) in [7, 11) is 0. The number of nitrogens with one attached hydrogen (secondary N) is 2. The van der Waals surface area contributed by atoms with Crippen LogP contribution >= 0.6 is 0 Å². The number of alkyl halides is 6. The molecule has 2 aromatic heterocycles. The van der Waals surface area contributed by atoms with Crippen molar-refractivity contribution in [1.29, 1.82) is 0 Å². The van der Waals surface area contributed by atoms with Crippen molar-refractivity contribution in [3.8, 4) is 0 Å². The van der Waals surface area contributed by atoms with E-state index >= 15 is 0 Å². The number of aromatic amines is 1. The molecular formula is C24H24F6N4O3. The molecule has 0 aliphatic heterocycles. The number of fused-ring (bicyclic) bond motifs is 1. The molecule has 0 saturated carbocycles. The Hall–Kier alpha value is -3.77. The Labute approximate surface area is 207 Å². The molecule has 1 unspecified atom stereocenters. The molecule has 1 aromatic carbocycles. The predicted molar refractivity (Wildman–Crippen MR) is 122 cm³/mol. The lowest BCUT2D eigenvalue weighted by molar-refractivity contribution is -0.156. The van der Waals surface area contributed by atoms with Crippen LogP contribution in [0, 0.1) is 6.92 Å². The number of hydrogen-bond donors (Lipinski definition) is 3. The fourth-order valence-electron chi connectivity index (χ4n) is 3.70. The Bertz CT molecular complexity index is 1320. The maximum absolute atomic E-state index is 13.7. The van der Waals surface area contributed by atoms with E-state index in [9.17, 15) is 41.0 Å². The first-order chi connectivity index (χ1) is 16.9. The minimum atomic E-state index is -5.08. The Morgan fingerprint density at radius 3 is 2.27 bits per heavy atom. The second-order valence-electron chi connectivity index (χ2n) is 9.46. The van der Waals surface area contributed by atoms with E-state index in [0.717, 1.165) is 12.1 Å². The third kappa shape index (κ3) is 6.33. The summed E-state index contributed by atoms with van der Waals surface area (Å²) >= 11 is 0. The lowest BCUT2D eigenvalue weighted by Gasteiger charge is -2.33. The van der Waals surface area contributed by atoms with E-state index < -0.39 is 47.1 Å². The van der Waals surface area contributed by atoms with Gasteiger partial charge >= 0.3 is 18.4 Å². The van der Waals surface area contributed by atoms with Crippen LogP contribution in [0.25, 0.3) is 11.0 Å². The van der Waals surface area contributed by atoms with Crippen molar-refractivity contribution in [2.45, 2.75) is 58.2 Å². The summed E-state index contributed by atoms with van der Waals surface area (Å²) in [5.41, 5.74) is -1.96. The lowest BCUT2D eigenvalue weighted by atomic mass is 10.0. The van der Waals surface area contributed by atoms with Crippen LogP contribution in [-0.4, -0.2) is 43.7 Å². The largest absolute Gasteiger partial charge is 0.465 e. The Balaban J connectivity index is 1.93. The second-order valence-corrected chi connectivity index (χ2v) is 9.46. The van der Waals surface area contributed by atoms with E-state index in [4.69, 9.17) is 0 Å². The molecule has 3 rings (SSSR count). The number of carbonyl (C=O) groups is 2. The predicted octanol–water partition coefficient (Wildman–Crippen LogP) is 6.20. The zero-order valence-corrected chi connectivity index (χ0v) is 20.2. The van der Waals surface area contributed by atoms with Gasteiger partial charge in [0, 0.05) is 16.6 Å². The third-order valence-electron chi connectivity index (χ3n) is 5.66. The molecule has 0 bridgehead atoms. The number of aromatic nitrogens is 2. The van der Waals surface area contributed by atoms with E-state index in [2.05, 4.69) is 9.97 Å². The second kappa shape index (κ2) is 9.60. The monoisotopic (exact) mass is 530 g/mol. The average molecular weight is 530 g/mol. The van der Waals surface area contributed by atoms with E-state index in [-0.39, 0.29) is 17.9 Å². The zero-order valence-electron chi connectivity index (χ0n) is 20.2. The molecular weight excluding hydrogens is 506 g/mol. The van der Waals surface area contributed by atoms with Gasteiger partial charge in [-0.25, -0.2) is 9.78 Å². The highest BCUT2D eigenvalue weighted by Crippen LogP contribution is 2.36. The molecule has 13 heteroatoms. The van der Waals surface area contributed by atoms with E-state index in [1.54, 1.807) is 39.1 Å². The summed E-state index contributed by atoms with van der Waals surface area (Å²) in [6.45, 7) is 6.73. The third-order valence-corrected chi connectivity index (χ3v) is 5.66. The summed E-state index contributed by atoms with van der Waals surface area (Å²) in [6, 6.07) is 2.76. The highest BCUT2D eigenvalue weighted by molar-refractivity contribution is 5.97. The summed E-state index contributed by atoms with van der Waals surface area (Å²) < 4.78 is 80.2. The van der Waals surface area contributed by atoms with Crippen LogP contribution in [0.1, 0.15) is 59.7 Å². The van der Waals surface area contributed by atoms with Crippen molar-refractivity contribution in [3.63, 3.8) is 0 Å². The van der Waals surface area contributed by atoms with Gasteiger partial charge in [0.05, 0.1) is 12.1 Å². The maximum Gasteiger partial charge on any atom is 0.416 e. The first-order valence-electron chi connectivity index (χ1n) is 10.9. The van der Waals surface area contributed by atoms with E-state index in [0.29, 0.717) is 28.8 Å². The molecule has 37 heavy (non-hydrogen) atoms. The minimum absolute atomic E-state index is 0.0218. The highest BCUT2D eigenvalue weighted by atomic mass is 19.4. The number of pyridine rings is 1. The Kier molecular flexibility index (Phi) is 7.21. The van der Waals surface area contributed by atoms with Gasteiger partial charge in [-0.3, -0.25) is 9.69 Å². The number of hydrogen-bond acceptors (Lipinski definition) is 3. The van der Waals surface area contributed by atoms with Gasteiger partial charge in [0.25, 0.3) is 5.91 Å². The molecule has 0 radical (unpaired) electrons. The first-order valence-corrected chi connectivity index (χ1v) is 10.9. The summed E-state index contributed by atoms with van der Waals surface area (Å²) in [6.07, 6.45) is -11.1. The minimum Gasteiger partial charge on any atom is -0.465 e. The maximum atomic E-state index is 13.7. The Morgan fingerprint density at radius 1 is 1.08 bits per heavy atom. The Morgan fingerprint density at radius 2 is 1.73 bits per heavy atom. The number of aryl methyl sites for hydroxylation is 1. The number of nitrogens with zero attached hydrogens (tertiary/aromatic N) is 2. The van der Waals surface area contributed by atoms with Crippen LogP contribution in [0.3, 0.4) is 0 Å². The molecule has 7 nitrogen and oxygen atoms in total. The molecule has 2 amide bonds. The summed E-state index contributed by atoms with van der Waals surface area (Å²) in [4.78, 5) is 32.5. The fraction of sp³-hybridized carbons (Fsp3) is 0.375. The van der Waals surface area contributed by atoms with Crippen LogP contribution in [-0.2, 0) is 12.7 Å². The standard InChI is InChI=1S/C24H24F6N4O3/c1-12-15(11-34(21(36)37)22(2,3)4)8-14-10-17(32-19(14)31-12)20(35)33-18(24(28,29)30)13-6-5-7-16(9-13)23(25,26)27/h5-10,18H,11H2,1-4H3,(H,31,32)(H,33,35)(H,36,37). The number of benzene rings is 1. The van der Waals surface area contributed by atoms with Crippen LogP contribution in [0.5, 0.6) is 0 Å². The van der Waals surface area contributed by atoms with Crippen molar-refractivity contribution in [3.05, 3.63) is 64.5 Å². The fourth-order valence-corrected chi connectivity index (χ4v) is 3.70. The van der Waals surface area contributed by atoms with Crippen molar-refractivity contribution in [2.24, 2.45) is 0 Å². The van der Waals surface area contributed by atoms with Gasteiger partial charge in [0.1, 0.15) is 11.3 Å². The topological polar surface area (TPSA) is 98.3 Å². The average Bonchev–Trinajstić information content (AvgIpc) is 3.16. The molecule has 0 aliphatic carbocycles. The molecule has 2 heterocycles. The smallest absolute Gasteiger partial charge is 0.416 e. The molecule has 1 atom stereocenters. The summed E-state index contributed by atoms with van der Waals surface area (Å²) in [5.74, 6) is -1.21. The van der Waals surface area contributed by atoms with E-state index in [1.807, 2.05) is 0 Å². The molecule has 0 fully saturated rings. The number of amides is 2. The molecule has 0 aliphatic rings. The normalized spacial score (nSPS) is 13.5. The zero-order chi connectivity index (χ0) is 27.9. The van der Waals surface area contributed by atoms with Crippen molar-refractivity contribution in [1.82, 2.24) is 20.2 Å². The first kappa shape index (κ1) is 27.8. The molecule has 3 aromatic rings. The number of carbonyl (C=O) groups excluding carboxylic acids is 1. The quantitative estimate of drug-likeness (QED) is 0.342. The number of carboxylic acid groups (broad SMARTS) is 1. The van der Waals surface area contributed by atoms with Gasteiger partial charge in [-0.15, -0.1) is 0 Å². The van der Waals surface area contributed by atoms with Gasteiger partial charge in [-0.1, -0.05) is 12.1 Å². The molecule has 0 saturated heterocycles. The van der Waals surface area contributed by atoms with Crippen LogP contribution in [0.4, 0.5) is 31.1 Å². The van der Waals surface area contributed by atoms with Gasteiger partial charge < -0.3 is 15.4 Å². The van der Waals surface area contributed by atoms with Gasteiger partial charge in [-0.2, -0.15) is 26.3 Å². The lowest BCUT2D eigenvalue weighted by Crippen LogP contribution is -2.44. The van der Waals surface area contributed by atoms with Crippen LogP contribution < -0.4 is 5.32 Å². The number of halogens is 6. The molecule has 0 spiro atoms. The van der Waals surface area contributed by atoms with Crippen molar-refractivity contribution in [2.75, 3.05) is 0 Å². The van der Waals surface area contributed by atoms with Gasteiger partial charge in [0.15, 0.2) is 6.04 Å². The molecule has 3 N–H and O–H groups in total.